The van der Waals surface area contributed by atoms with Crippen molar-refractivity contribution in [1.29, 1.82) is 0 Å². The first-order chi connectivity index (χ1) is 14.3. The number of nitrogens with zero attached hydrogens (tertiary/aromatic N) is 6. The van der Waals surface area contributed by atoms with Crippen molar-refractivity contribution in [2.24, 2.45) is 0 Å². The highest BCUT2D eigenvalue weighted by atomic mass is 35.5. The highest BCUT2D eigenvalue weighted by molar-refractivity contribution is 6.67. The summed E-state index contributed by atoms with van der Waals surface area (Å²) in [7, 11) is 0. The molecule has 12 heteroatoms. The van der Waals surface area contributed by atoms with Crippen molar-refractivity contribution in [1.82, 2.24) is 29.5 Å². The molecule has 0 bridgehead atoms. The summed E-state index contributed by atoms with van der Waals surface area (Å²) < 4.78 is 27.8. The van der Waals surface area contributed by atoms with E-state index in [1.54, 1.807) is 0 Å². The number of carboxylic acid groups (broad SMARTS) is 1. The largest absolute Gasteiger partial charge is 0.475 e. The van der Waals surface area contributed by atoms with Crippen LogP contribution in [0.15, 0.2) is 61.2 Å². The molecule has 0 spiro atoms. The molecule has 0 fully saturated rings. The zero-order valence-electron chi connectivity index (χ0n) is 14.9. The first kappa shape index (κ1) is 20.7. The molecule has 0 saturated heterocycles. The zero-order chi connectivity index (χ0) is 21.7. The lowest BCUT2D eigenvalue weighted by Crippen LogP contribution is -2.01. The Kier molecular flexibility index (Phi) is 6.23. The van der Waals surface area contributed by atoms with Gasteiger partial charge in [-0.15, -0.1) is 10.2 Å². The van der Waals surface area contributed by atoms with E-state index in [-0.39, 0.29) is 23.3 Å². The second-order valence-corrected chi connectivity index (χ2v) is 5.90. The number of aromatic nitrogens is 6. The van der Waals surface area contributed by atoms with Gasteiger partial charge in [0.15, 0.2) is 0 Å². The van der Waals surface area contributed by atoms with Gasteiger partial charge < -0.3 is 5.11 Å². The van der Waals surface area contributed by atoms with E-state index in [0.717, 1.165) is 0 Å². The average Bonchev–Trinajstić information content (AvgIpc) is 3.40. The van der Waals surface area contributed by atoms with Crippen molar-refractivity contribution >= 4 is 22.8 Å². The maximum Gasteiger partial charge on any atom is 0.375 e. The first-order valence-electron chi connectivity index (χ1n) is 8.12. The molecular formula is C18H11ClF2N6O3. The number of benzene rings is 2. The van der Waals surface area contributed by atoms with E-state index in [0.29, 0.717) is 11.4 Å². The maximum atomic E-state index is 12.6. The molecule has 1 N–H and O–H groups in total. The minimum absolute atomic E-state index is 0.0824. The Balaban J connectivity index is 0.000000171. The number of carbonyl (C=O) groups excluding carboxylic acids is 1. The number of aromatic carboxylic acids is 1. The van der Waals surface area contributed by atoms with Gasteiger partial charge in [-0.25, -0.2) is 32.9 Å². The molecule has 30 heavy (non-hydrogen) atoms. The SMILES string of the molecule is O=C(Cl)c1ncn(-c2ccc(F)cc2)n1.O=C(O)c1ncn(-c2ccc(F)cc2)n1. The number of rotatable bonds is 4. The molecule has 0 aliphatic heterocycles. The van der Waals surface area contributed by atoms with Crippen LogP contribution in [0.5, 0.6) is 0 Å². The molecule has 9 nitrogen and oxygen atoms in total. The lowest BCUT2D eigenvalue weighted by Gasteiger charge is -1.98. The highest BCUT2D eigenvalue weighted by Gasteiger charge is 2.10. The molecule has 2 heterocycles. The molecule has 0 amide bonds. The van der Waals surface area contributed by atoms with E-state index in [4.69, 9.17) is 16.7 Å². The fourth-order valence-electron chi connectivity index (χ4n) is 2.15. The highest BCUT2D eigenvalue weighted by Crippen LogP contribution is 2.08. The van der Waals surface area contributed by atoms with Gasteiger partial charge in [-0.05, 0) is 60.1 Å². The molecule has 0 atom stereocenters. The number of hydrogen-bond acceptors (Lipinski definition) is 6. The monoisotopic (exact) mass is 432 g/mol. The van der Waals surface area contributed by atoms with E-state index in [1.165, 1.54) is 70.5 Å². The van der Waals surface area contributed by atoms with Crippen LogP contribution in [0.4, 0.5) is 8.78 Å². The van der Waals surface area contributed by atoms with E-state index in [9.17, 15) is 18.4 Å². The summed E-state index contributed by atoms with van der Waals surface area (Å²) in [6, 6.07) is 11.1. The maximum absolute atomic E-state index is 12.6. The molecule has 0 unspecified atom stereocenters. The van der Waals surface area contributed by atoms with Gasteiger partial charge in [0.1, 0.15) is 24.3 Å². The number of carboxylic acids is 1. The van der Waals surface area contributed by atoms with Gasteiger partial charge in [-0.2, -0.15) is 0 Å². The van der Waals surface area contributed by atoms with Gasteiger partial charge in [0.2, 0.25) is 5.82 Å². The third-order valence-electron chi connectivity index (χ3n) is 3.53. The van der Waals surface area contributed by atoms with E-state index < -0.39 is 11.2 Å². The Bertz CT molecular complexity index is 1080. The van der Waals surface area contributed by atoms with Crippen molar-refractivity contribution in [3.63, 3.8) is 0 Å². The lowest BCUT2D eigenvalue weighted by molar-refractivity contribution is 0.0683. The molecule has 0 aliphatic carbocycles. The van der Waals surface area contributed by atoms with Crippen molar-refractivity contribution < 1.29 is 23.5 Å². The summed E-state index contributed by atoms with van der Waals surface area (Å²) in [6.45, 7) is 0. The Hall–Kier alpha value is -3.99. The minimum atomic E-state index is -1.20. The summed E-state index contributed by atoms with van der Waals surface area (Å²) in [5.74, 6) is -2.28. The van der Waals surface area contributed by atoms with Gasteiger partial charge in [0, 0.05) is 0 Å². The number of hydrogen-bond donors (Lipinski definition) is 1. The molecule has 4 aromatic rings. The molecule has 2 aromatic carbocycles. The van der Waals surface area contributed by atoms with Crippen LogP contribution in [-0.2, 0) is 0 Å². The van der Waals surface area contributed by atoms with E-state index >= 15 is 0 Å². The van der Waals surface area contributed by atoms with Gasteiger partial charge in [0.25, 0.3) is 11.1 Å². The standard InChI is InChI=1S/C9H5ClFN3O.C9H6FN3O2/c10-8(15)9-12-5-14(13-9)7-3-1-6(11)2-4-7;10-6-1-3-7(4-2-6)13-5-11-8(12-13)9(14)15/h1-5H;1-5H,(H,14,15). The van der Waals surface area contributed by atoms with Gasteiger partial charge >= 0.3 is 5.97 Å². The summed E-state index contributed by atoms with van der Waals surface area (Å²) in [5, 5.41) is 15.4. The fraction of sp³-hybridized carbons (Fsp3) is 0. The quantitative estimate of drug-likeness (QED) is 0.493. The lowest BCUT2D eigenvalue weighted by atomic mass is 10.3. The first-order valence-corrected chi connectivity index (χ1v) is 8.49. The van der Waals surface area contributed by atoms with Crippen molar-refractivity contribution in [3.05, 3.63) is 84.5 Å². The van der Waals surface area contributed by atoms with Crippen LogP contribution in [0.3, 0.4) is 0 Å². The predicted octanol–water partition coefficient (Wildman–Crippen LogP) is 2.89. The minimum Gasteiger partial charge on any atom is -0.475 e. The topological polar surface area (TPSA) is 116 Å². The van der Waals surface area contributed by atoms with Crippen LogP contribution in [0, 0.1) is 11.6 Å². The Morgan fingerprint density at radius 3 is 1.50 bits per heavy atom. The number of carbonyl (C=O) groups is 2. The predicted molar refractivity (Wildman–Crippen MR) is 99.8 cm³/mol. The Morgan fingerprint density at radius 2 is 1.17 bits per heavy atom. The molecule has 2 aromatic heterocycles. The molecule has 152 valence electrons. The van der Waals surface area contributed by atoms with Crippen LogP contribution in [-0.4, -0.2) is 45.8 Å². The normalized spacial score (nSPS) is 10.2. The van der Waals surface area contributed by atoms with Crippen molar-refractivity contribution in [2.75, 3.05) is 0 Å². The third-order valence-corrected chi connectivity index (χ3v) is 3.70. The van der Waals surface area contributed by atoms with Gasteiger partial charge in [0.05, 0.1) is 11.4 Å². The van der Waals surface area contributed by atoms with Crippen LogP contribution in [0.1, 0.15) is 21.2 Å². The Labute approximate surface area is 172 Å². The van der Waals surface area contributed by atoms with E-state index in [1.807, 2.05) is 0 Å². The molecule has 0 aliphatic rings. The zero-order valence-corrected chi connectivity index (χ0v) is 15.6. The van der Waals surface area contributed by atoms with Crippen LogP contribution >= 0.6 is 11.6 Å². The average molecular weight is 433 g/mol. The molecule has 0 saturated carbocycles. The summed E-state index contributed by atoms with van der Waals surface area (Å²) in [4.78, 5) is 28.5. The Morgan fingerprint density at radius 1 is 0.767 bits per heavy atom. The summed E-state index contributed by atoms with van der Waals surface area (Å²) >= 11 is 5.19. The molecule has 4 rings (SSSR count). The third kappa shape index (κ3) is 5.08. The molecular weight excluding hydrogens is 422 g/mol. The van der Waals surface area contributed by atoms with Gasteiger partial charge in [-0.3, -0.25) is 4.79 Å². The van der Waals surface area contributed by atoms with Crippen LogP contribution < -0.4 is 0 Å². The van der Waals surface area contributed by atoms with E-state index in [2.05, 4.69) is 20.2 Å². The second-order valence-electron chi connectivity index (χ2n) is 5.56. The molecule has 0 radical (unpaired) electrons. The number of halogens is 3. The fourth-order valence-corrected chi connectivity index (χ4v) is 2.24. The van der Waals surface area contributed by atoms with Gasteiger partial charge in [-0.1, -0.05) is 0 Å². The second kappa shape index (κ2) is 9.01. The van der Waals surface area contributed by atoms with Crippen molar-refractivity contribution in [2.45, 2.75) is 0 Å². The summed E-state index contributed by atoms with van der Waals surface area (Å²) in [5.41, 5.74) is 1.16. The van der Waals surface area contributed by atoms with Crippen LogP contribution in [0.25, 0.3) is 11.4 Å². The van der Waals surface area contributed by atoms with Crippen molar-refractivity contribution in [3.8, 4) is 11.4 Å². The summed E-state index contributed by atoms with van der Waals surface area (Å²) in [6.07, 6.45) is 2.60. The smallest absolute Gasteiger partial charge is 0.375 e. The van der Waals surface area contributed by atoms with Crippen LogP contribution in [0.2, 0.25) is 0 Å².